The van der Waals surface area contributed by atoms with E-state index in [1.54, 1.807) is 0 Å². The fourth-order valence-corrected chi connectivity index (χ4v) is 3.73. The summed E-state index contributed by atoms with van der Waals surface area (Å²) in [6.07, 6.45) is 2.52. The molecule has 1 N–H and O–H groups in total. The monoisotopic (exact) mass is 296 g/mol. The zero-order valence-corrected chi connectivity index (χ0v) is 13.0. The van der Waals surface area contributed by atoms with Crippen LogP contribution in [0.5, 0.6) is 0 Å². The van der Waals surface area contributed by atoms with Crippen LogP contribution in [0.4, 0.5) is 0 Å². The van der Waals surface area contributed by atoms with Crippen LogP contribution in [0.2, 0.25) is 0 Å². The van der Waals surface area contributed by atoms with Gasteiger partial charge >= 0.3 is 0 Å². The standard InChI is InChI=1S/C18H24N4/c1-2-4-15(5-3-1)10-16-6-8-21(13-16)14-17-11-18-12-19-7-9-22(18)20-17/h1-5,11,16,19H,6-10,12-14H2/t16-/m0/s1. The van der Waals surface area contributed by atoms with Crippen molar-refractivity contribution < 1.29 is 0 Å². The molecule has 4 rings (SSSR count). The minimum atomic E-state index is 0.793. The van der Waals surface area contributed by atoms with Crippen molar-refractivity contribution in [3.05, 3.63) is 53.3 Å². The van der Waals surface area contributed by atoms with Crippen LogP contribution in [-0.2, 0) is 26.1 Å². The van der Waals surface area contributed by atoms with Crippen LogP contribution < -0.4 is 5.32 Å². The van der Waals surface area contributed by atoms with Gasteiger partial charge in [-0.15, -0.1) is 0 Å². The second kappa shape index (κ2) is 6.23. The van der Waals surface area contributed by atoms with E-state index < -0.39 is 0 Å². The molecule has 2 aliphatic rings. The zero-order chi connectivity index (χ0) is 14.8. The van der Waals surface area contributed by atoms with Gasteiger partial charge < -0.3 is 5.32 Å². The molecule has 3 heterocycles. The highest BCUT2D eigenvalue weighted by Crippen LogP contribution is 2.22. The van der Waals surface area contributed by atoms with Gasteiger partial charge in [-0.05, 0) is 36.9 Å². The summed E-state index contributed by atoms with van der Waals surface area (Å²) in [6.45, 7) is 6.42. The summed E-state index contributed by atoms with van der Waals surface area (Å²) in [7, 11) is 0. The van der Waals surface area contributed by atoms with Gasteiger partial charge in [0.1, 0.15) is 0 Å². The molecule has 0 aliphatic carbocycles. The normalized spacial score (nSPS) is 21.9. The molecule has 1 atom stereocenters. The molecule has 2 aromatic rings. The smallest absolute Gasteiger partial charge is 0.0768 e. The third kappa shape index (κ3) is 3.08. The van der Waals surface area contributed by atoms with E-state index in [1.165, 1.54) is 42.9 Å². The third-order valence-electron chi connectivity index (χ3n) is 4.84. The van der Waals surface area contributed by atoms with Crippen LogP contribution >= 0.6 is 0 Å². The molecule has 116 valence electrons. The van der Waals surface area contributed by atoms with Gasteiger partial charge in [-0.1, -0.05) is 30.3 Å². The van der Waals surface area contributed by atoms with E-state index in [2.05, 4.69) is 51.3 Å². The van der Waals surface area contributed by atoms with Crippen molar-refractivity contribution in [3.63, 3.8) is 0 Å². The van der Waals surface area contributed by atoms with Gasteiger partial charge in [-0.2, -0.15) is 5.10 Å². The molecule has 22 heavy (non-hydrogen) atoms. The average Bonchev–Trinajstić information content (AvgIpc) is 3.14. The Morgan fingerprint density at radius 2 is 2.09 bits per heavy atom. The fourth-order valence-electron chi connectivity index (χ4n) is 3.73. The first-order valence-corrected chi connectivity index (χ1v) is 8.39. The van der Waals surface area contributed by atoms with E-state index in [1.807, 2.05) is 0 Å². The lowest BCUT2D eigenvalue weighted by Gasteiger charge is -2.15. The highest BCUT2D eigenvalue weighted by atomic mass is 15.3. The summed E-state index contributed by atoms with van der Waals surface area (Å²) >= 11 is 0. The maximum absolute atomic E-state index is 4.76. The summed E-state index contributed by atoms with van der Waals surface area (Å²) in [5.41, 5.74) is 4.04. The first-order chi connectivity index (χ1) is 10.9. The van der Waals surface area contributed by atoms with Crippen molar-refractivity contribution in [2.45, 2.75) is 32.5 Å². The van der Waals surface area contributed by atoms with E-state index in [4.69, 9.17) is 5.10 Å². The lowest BCUT2D eigenvalue weighted by atomic mass is 9.99. The van der Waals surface area contributed by atoms with Crippen molar-refractivity contribution in [1.29, 1.82) is 0 Å². The summed E-state index contributed by atoms with van der Waals surface area (Å²) < 4.78 is 2.17. The highest BCUT2D eigenvalue weighted by Gasteiger charge is 2.23. The van der Waals surface area contributed by atoms with Crippen LogP contribution in [0.3, 0.4) is 0 Å². The Bertz CT molecular complexity index is 596. The maximum atomic E-state index is 4.76. The number of fused-ring (bicyclic) bond motifs is 1. The summed E-state index contributed by atoms with van der Waals surface area (Å²) in [6, 6.07) is 13.2. The number of nitrogens with zero attached hydrogens (tertiary/aromatic N) is 3. The lowest BCUT2D eigenvalue weighted by Crippen LogP contribution is -2.28. The fraction of sp³-hybridized carbons (Fsp3) is 0.500. The highest BCUT2D eigenvalue weighted by molar-refractivity contribution is 5.16. The maximum Gasteiger partial charge on any atom is 0.0768 e. The minimum absolute atomic E-state index is 0.793. The molecule has 0 amide bonds. The van der Waals surface area contributed by atoms with Crippen LogP contribution in [0.25, 0.3) is 0 Å². The topological polar surface area (TPSA) is 33.1 Å². The van der Waals surface area contributed by atoms with Crippen LogP contribution in [0, 0.1) is 5.92 Å². The van der Waals surface area contributed by atoms with Gasteiger partial charge in [0.2, 0.25) is 0 Å². The first kappa shape index (κ1) is 14.0. The second-order valence-electron chi connectivity index (χ2n) is 6.61. The number of rotatable bonds is 4. The molecule has 0 saturated carbocycles. The minimum Gasteiger partial charge on any atom is -0.309 e. The molecule has 4 nitrogen and oxygen atoms in total. The molecule has 1 aromatic carbocycles. The van der Waals surface area contributed by atoms with Crippen molar-refractivity contribution in [2.75, 3.05) is 19.6 Å². The number of benzene rings is 1. The molecule has 0 unspecified atom stereocenters. The molecule has 1 saturated heterocycles. The molecule has 1 fully saturated rings. The predicted octanol–water partition coefficient (Wildman–Crippen LogP) is 2.05. The van der Waals surface area contributed by atoms with Gasteiger partial charge in [0.05, 0.1) is 17.9 Å². The third-order valence-corrected chi connectivity index (χ3v) is 4.84. The van der Waals surface area contributed by atoms with E-state index in [9.17, 15) is 0 Å². The van der Waals surface area contributed by atoms with Gasteiger partial charge in [0.25, 0.3) is 0 Å². The number of hydrogen-bond acceptors (Lipinski definition) is 3. The number of nitrogens with one attached hydrogen (secondary N) is 1. The molecule has 0 radical (unpaired) electrons. The summed E-state index contributed by atoms with van der Waals surface area (Å²) in [4.78, 5) is 2.56. The van der Waals surface area contributed by atoms with Crippen LogP contribution in [-0.4, -0.2) is 34.3 Å². The van der Waals surface area contributed by atoms with Crippen LogP contribution in [0.1, 0.15) is 23.4 Å². The van der Waals surface area contributed by atoms with Crippen molar-refractivity contribution in [2.24, 2.45) is 5.92 Å². The first-order valence-electron chi connectivity index (χ1n) is 8.39. The van der Waals surface area contributed by atoms with Crippen LogP contribution in [0.15, 0.2) is 36.4 Å². The van der Waals surface area contributed by atoms with E-state index in [-0.39, 0.29) is 0 Å². The van der Waals surface area contributed by atoms with Gasteiger partial charge in [-0.25, -0.2) is 0 Å². The quantitative estimate of drug-likeness (QED) is 0.937. The molecule has 0 bridgehead atoms. The van der Waals surface area contributed by atoms with Crippen molar-refractivity contribution in [3.8, 4) is 0 Å². The second-order valence-corrected chi connectivity index (χ2v) is 6.61. The van der Waals surface area contributed by atoms with Gasteiger partial charge in [-0.3, -0.25) is 9.58 Å². The van der Waals surface area contributed by atoms with Crippen molar-refractivity contribution in [1.82, 2.24) is 20.0 Å². The predicted molar refractivity (Wildman–Crippen MR) is 87.5 cm³/mol. The Kier molecular flexibility index (Phi) is 3.95. The number of hydrogen-bond donors (Lipinski definition) is 1. The zero-order valence-electron chi connectivity index (χ0n) is 13.0. The average molecular weight is 296 g/mol. The Labute approximate surface area is 132 Å². The molecular formula is C18H24N4. The Hall–Kier alpha value is -1.65. The number of likely N-dealkylation sites (tertiary alicyclic amines) is 1. The SMILES string of the molecule is c1ccc(C[C@@H]2CCN(Cc3cc4n(n3)CCNC4)C2)cc1. The van der Waals surface area contributed by atoms with E-state index in [0.717, 1.165) is 32.1 Å². The Balaban J connectivity index is 1.34. The van der Waals surface area contributed by atoms with Gasteiger partial charge in [0.15, 0.2) is 0 Å². The van der Waals surface area contributed by atoms with E-state index >= 15 is 0 Å². The lowest BCUT2D eigenvalue weighted by molar-refractivity contribution is 0.310. The molecular weight excluding hydrogens is 272 g/mol. The molecule has 0 spiro atoms. The largest absolute Gasteiger partial charge is 0.309 e. The van der Waals surface area contributed by atoms with E-state index in [0.29, 0.717) is 0 Å². The van der Waals surface area contributed by atoms with Crippen molar-refractivity contribution >= 4 is 0 Å². The Morgan fingerprint density at radius 3 is 2.95 bits per heavy atom. The summed E-state index contributed by atoms with van der Waals surface area (Å²) in [5, 5.41) is 8.17. The Morgan fingerprint density at radius 1 is 1.18 bits per heavy atom. The number of aromatic nitrogens is 2. The molecule has 4 heteroatoms. The summed E-state index contributed by atoms with van der Waals surface area (Å²) in [5.74, 6) is 0.793. The molecule has 2 aliphatic heterocycles. The molecule has 1 aromatic heterocycles. The van der Waals surface area contributed by atoms with Gasteiger partial charge in [0, 0.05) is 26.2 Å².